The van der Waals surface area contributed by atoms with Crippen molar-refractivity contribution in [1.82, 2.24) is 10.2 Å². The second-order valence-corrected chi connectivity index (χ2v) is 5.27. The van der Waals surface area contributed by atoms with Crippen LogP contribution in [-0.4, -0.2) is 40.6 Å². The molecule has 2 N–H and O–H groups in total. The highest BCUT2D eigenvalue weighted by Crippen LogP contribution is 2.06. The molecular weight excluding hydrogens is 232 g/mol. The Balaban J connectivity index is 4.61. The summed E-state index contributed by atoms with van der Waals surface area (Å²) in [5.74, 6) is -0.619. The molecule has 0 radical (unpaired) electrons. The van der Waals surface area contributed by atoms with E-state index in [0.717, 1.165) is 6.42 Å². The molecule has 0 aliphatic heterocycles. The standard InChI is InChI=1S/C13H26N2O3/c1-6-7-11(12(16)17)14-13(18)15(10(4)5)8-9(2)3/h9-11H,6-8H2,1-5H3,(H,14,18)(H,16,17). The molecule has 0 rings (SSSR count). The van der Waals surface area contributed by atoms with E-state index in [4.69, 9.17) is 5.11 Å². The van der Waals surface area contributed by atoms with Crippen LogP contribution in [0.1, 0.15) is 47.5 Å². The Morgan fingerprint density at radius 3 is 2.11 bits per heavy atom. The number of carbonyl (C=O) groups excluding carboxylic acids is 1. The van der Waals surface area contributed by atoms with E-state index in [1.807, 2.05) is 34.6 Å². The molecule has 0 heterocycles. The Kier molecular flexibility index (Phi) is 7.39. The molecule has 0 aromatic carbocycles. The van der Waals surface area contributed by atoms with Gasteiger partial charge in [0.05, 0.1) is 0 Å². The third-order valence-electron chi connectivity index (χ3n) is 2.62. The zero-order valence-corrected chi connectivity index (χ0v) is 12.1. The van der Waals surface area contributed by atoms with Gasteiger partial charge in [0.15, 0.2) is 0 Å². The normalized spacial score (nSPS) is 12.6. The fraction of sp³-hybridized carbons (Fsp3) is 0.846. The zero-order chi connectivity index (χ0) is 14.3. The van der Waals surface area contributed by atoms with Gasteiger partial charge in [0.2, 0.25) is 0 Å². The Bertz CT molecular complexity index is 277. The molecule has 0 aromatic heterocycles. The third-order valence-corrected chi connectivity index (χ3v) is 2.62. The van der Waals surface area contributed by atoms with E-state index in [2.05, 4.69) is 5.32 Å². The summed E-state index contributed by atoms with van der Waals surface area (Å²) in [6.45, 7) is 10.4. The van der Waals surface area contributed by atoms with E-state index in [1.54, 1.807) is 4.90 Å². The van der Waals surface area contributed by atoms with Gasteiger partial charge in [-0.2, -0.15) is 0 Å². The van der Waals surface area contributed by atoms with Crippen LogP contribution in [-0.2, 0) is 4.79 Å². The van der Waals surface area contributed by atoms with E-state index < -0.39 is 12.0 Å². The minimum Gasteiger partial charge on any atom is -0.480 e. The Morgan fingerprint density at radius 1 is 1.22 bits per heavy atom. The van der Waals surface area contributed by atoms with Crippen molar-refractivity contribution in [1.29, 1.82) is 0 Å². The van der Waals surface area contributed by atoms with Gasteiger partial charge in [-0.3, -0.25) is 0 Å². The number of hydrogen-bond acceptors (Lipinski definition) is 2. The molecule has 0 aromatic rings. The maximum Gasteiger partial charge on any atom is 0.326 e. The molecule has 0 fully saturated rings. The number of nitrogens with zero attached hydrogens (tertiary/aromatic N) is 1. The van der Waals surface area contributed by atoms with Gasteiger partial charge < -0.3 is 15.3 Å². The minimum absolute atomic E-state index is 0.0588. The van der Waals surface area contributed by atoms with Crippen molar-refractivity contribution in [2.45, 2.75) is 59.5 Å². The molecule has 0 saturated heterocycles. The minimum atomic E-state index is -0.974. The fourth-order valence-electron chi connectivity index (χ4n) is 1.70. The summed E-state index contributed by atoms with van der Waals surface area (Å²) in [4.78, 5) is 24.7. The second-order valence-electron chi connectivity index (χ2n) is 5.27. The lowest BCUT2D eigenvalue weighted by Gasteiger charge is -2.30. The predicted octanol–water partition coefficient (Wildman–Crippen LogP) is 2.32. The summed E-state index contributed by atoms with van der Waals surface area (Å²) in [5, 5.41) is 11.6. The molecule has 0 spiro atoms. The molecule has 106 valence electrons. The lowest BCUT2D eigenvalue weighted by Crippen LogP contribution is -2.51. The van der Waals surface area contributed by atoms with Crippen LogP contribution in [0.3, 0.4) is 0 Å². The van der Waals surface area contributed by atoms with E-state index >= 15 is 0 Å². The SMILES string of the molecule is CCCC(NC(=O)N(CC(C)C)C(C)C)C(=O)O. The molecule has 1 atom stereocenters. The van der Waals surface area contributed by atoms with Crippen LogP contribution in [0.5, 0.6) is 0 Å². The summed E-state index contributed by atoms with van der Waals surface area (Å²) in [7, 11) is 0. The number of rotatable bonds is 7. The van der Waals surface area contributed by atoms with Crippen LogP contribution < -0.4 is 5.32 Å². The molecule has 5 heteroatoms. The van der Waals surface area contributed by atoms with Gasteiger partial charge in [-0.1, -0.05) is 27.2 Å². The number of carboxylic acids is 1. The summed E-state index contributed by atoms with van der Waals surface area (Å²) < 4.78 is 0. The largest absolute Gasteiger partial charge is 0.480 e. The fourth-order valence-corrected chi connectivity index (χ4v) is 1.70. The molecule has 18 heavy (non-hydrogen) atoms. The van der Waals surface area contributed by atoms with E-state index in [1.165, 1.54) is 0 Å². The zero-order valence-electron chi connectivity index (χ0n) is 12.1. The maximum absolute atomic E-state index is 12.1. The first-order valence-corrected chi connectivity index (χ1v) is 6.59. The predicted molar refractivity (Wildman–Crippen MR) is 71.5 cm³/mol. The first-order valence-electron chi connectivity index (χ1n) is 6.59. The quantitative estimate of drug-likeness (QED) is 0.736. The molecule has 1 unspecified atom stereocenters. The molecular formula is C13H26N2O3. The van der Waals surface area contributed by atoms with Crippen molar-refractivity contribution in [2.24, 2.45) is 5.92 Å². The van der Waals surface area contributed by atoms with Gasteiger partial charge in [-0.15, -0.1) is 0 Å². The van der Waals surface area contributed by atoms with Crippen LogP contribution in [0.25, 0.3) is 0 Å². The highest BCUT2D eigenvalue weighted by atomic mass is 16.4. The number of urea groups is 1. The van der Waals surface area contributed by atoms with Gasteiger partial charge in [-0.05, 0) is 26.2 Å². The Hall–Kier alpha value is -1.26. The number of hydrogen-bond donors (Lipinski definition) is 2. The van der Waals surface area contributed by atoms with Crippen molar-refractivity contribution < 1.29 is 14.7 Å². The van der Waals surface area contributed by atoms with Crippen LogP contribution >= 0.6 is 0 Å². The number of nitrogens with one attached hydrogen (secondary N) is 1. The van der Waals surface area contributed by atoms with Gasteiger partial charge in [-0.25, -0.2) is 9.59 Å². The van der Waals surface area contributed by atoms with Gasteiger partial charge in [0, 0.05) is 12.6 Å². The van der Waals surface area contributed by atoms with E-state index in [9.17, 15) is 9.59 Å². The van der Waals surface area contributed by atoms with Crippen molar-refractivity contribution in [3.05, 3.63) is 0 Å². The molecule has 0 saturated carbocycles. The van der Waals surface area contributed by atoms with Crippen molar-refractivity contribution >= 4 is 12.0 Å². The first-order chi connectivity index (χ1) is 8.29. The van der Waals surface area contributed by atoms with Crippen molar-refractivity contribution in [3.8, 4) is 0 Å². The van der Waals surface area contributed by atoms with E-state index in [-0.39, 0.29) is 12.1 Å². The molecule has 2 amide bonds. The van der Waals surface area contributed by atoms with Crippen molar-refractivity contribution in [2.75, 3.05) is 6.54 Å². The average Bonchev–Trinajstić information content (AvgIpc) is 2.24. The summed E-state index contributed by atoms with van der Waals surface area (Å²) >= 11 is 0. The third kappa shape index (κ3) is 5.89. The number of amides is 2. The molecule has 5 nitrogen and oxygen atoms in total. The van der Waals surface area contributed by atoms with Crippen molar-refractivity contribution in [3.63, 3.8) is 0 Å². The van der Waals surface area contributed by atoms with Crippen LogP contribution in [0.4, 0.5) is 4.79 Å². The number of carbonyl (C=O) groups is 2. The molecule has 0 aliphatic carbocycles. The topological polar surface area (TPSA) is 69.6 Å². The number of carboxylic acid groups (broad SMARTS) is 1. The first kappa shape index (κ1) is 16.7. The van der Waals surface area contributed by atoms with E-state index in [0.29, 0.717) is 18.9 Å². The Labute approximate surface area is 110 Å². The molecule has 0 aliphatic rings. The summed E-state index contributed by atoms with van der Waals surface area (Å²) in [6.07, 6.45) is 1.18. The lowest BCUT2D eigenvalue weighted by molar-refractivity contribution is -0.139. The number of aliphatic carboxylic acids is 1. The Morgan fingerprint density at radius 2 is 1.78 bits per heavy atom. The highest BCUT2D eigenvalue weighted by Gasteiger charge is 2.24. The lowest BCUT2D eigenvalue weighted by atomic mass is 10.1. The summed E-state index contributed by atoms with van der Waals surface area (Å²) in [5.41, 5.74) is 0. The second kappa shape index (κ2) is 7.95. The molecule has 0 bridgehead atoms. The smallest absolute Gasteiger partial charge is 0.326 e. The van der Waals surface area contributed by atoms with Gasteiger partial charge >= 0.3 is 12.0 Å². The average molecular weight is 258 g/mol. The summed E-state index contributed by atoms with van der Waals surface area (Å²) in [6, 6.07) is -1.03. The highest BCUT2D eigenvalue weighted by molar-refractivity contribution is 5.82. The van der Waals surface area contributed by atoms with Gasteiger partial charge in [0.1, 0.15) is 6.04 Å². The van der Waals surface area contributed by atoms with Crippen LogP contribution in [0.15, 0.2) is 0 Å². The maximum atomic E-state index is 12.1. The van der Waals surface area contributed by atoms with Gasteiger partial charge in [0.25, 0.3) is 0 Å². The van der Waals surface area contributed by atoms with Crippen LogP contribution in [0.2, 0.25) is 0 Å². The van der Waals surface area contributed by atoms with Crippen LogP contribution in [0, 0.1) is 5.92 Å². The monoisotopic (exact) mass is 258 g/mol.